The third kappa shape index (κ3) is 3.96. The molecule has 5 heteroatoms. The minimum Gasteiger partial charge on any atom is -0.494 e. The third-order valence-electron chi connectivity index (χ3n) is 6.13. The van der Waals surface area contributed by atoms with Crippen LogP contribution in [0.25, 0.3) is 10.9 Å². The quantitative estimate of drug-likeness (QED) is 0.892. The predicted octanol–water partition coefficient (Wildman–Crippen LogP) is 3.53. The van der Waals surface area contributed by atoms with Gasteiger partial charge in [-0.25, -0.2) is 4.98 Å². The lowest BCUT2D eigenvalue weighted by Gasteiger charge is -2.47. The third-order valence-corrected chi connectivity index (χ3v) is 6.13. The zero-order valence-corrected chi connectivity index (χ0v) is 16.4. The molecule has 0 unspecified atom stereocenters. The van der Waals surface area contributed by atoms with E-state index in [4.69, 9.17) is 14.5 Å². The summed E-state index contributed by atoms with van der Waals surface area (Å²) in [6.45, 7) is 4.94. The normalized spacial score (nSPS) is 25.7. The van der Waals surface area contributed by atoms with E-state index in [1.807, 2.05) is 12.1 Å². The molecule has 0 radical (unpaired) electrons. The van der Waals surface area contributed by atoms with Crippen LogP contribution in [0.4, 0.5) is 0 Å². The summed E-state index contributed by atoms with van der Waals surface area (Å²) in [5.41, 5.74) is 1.86. The van der Waals surface area contributed by atoms with Gasteiger partial charge in [-0.1, -0.05) is 25.1 Å². The van der Waals surface area contributed by atoms with Crippen LogP contribution in [0.1, 0.15) is 44.7 Å². The van der Waals surface area contributed by atoms with Crippen LogP contribution in [-0.2, 0) is 11.3 Å². The van der Waals surface area contributed by atoms with Gasteiger partial charge in [-0.2, -0.15) is 0 Å². The van der Waals surface area contributed by atoms with E-state index in [-0.39, 0.29) is 17.8 Å². The molecular weight excluding hydrogens is 340 g/mol. The number of pyridine rings is 1. The van der Waals surface area contributed by atoms with E-state index in [0.717, 1.165) is 74.1 Å². The second-order valence-electron chi connectivity index (χ2n) is 8.04. The highest BCUT2D eigenvalue weighted by Crippen LogP contribution is 2.38. The zero-order valence-electron chi connectivity index (χ0n) is 16.4. The first-order chi connectivity index (χ1) is 13.1. The Balaban J connectivity index is 1.43. The summed E-state index contributed by atoms with van der Waals surface area (Å²) in [6.07, 6.45) is 4.49. The van der Waals surface area contributed by atoms with Crippen molar-refractivity contribution >= 4 is 10.9 Å². The summed E-state index contributed by atoms with van der Waals surface area (Å²) in [5, 5.41) is 11.4. The van der Waals surface area contributed by atoms with Crippen LogP contribution in [0.2, 0.25) is 0 Å². The number of aromatic nitrogens is 1. The predicted molar refractivity (Wildman–Crippen MR) is 106 cm³/mol. The molecule has 0 aliphatic carbocycles. The average Bonchev–Trinajstić information content (AvgIpc) is 2.69. The SMILES string of the molecule is CC[C@H]1C[C@@H](O)CC2(CCN(Cc3ccc4cccc(OC)c4n3)CC2)O1. The van der Waals surface area contributed by atoms with Gasteiger partial charge in [-0.15, -0.1) is 0 Å². The van der Waals surface area contributed by atoms with Crippen LogP contribution in [0.15, 0.2) is 30.3 Å². The average molecular weight is 370 g/mol. The number of methoxy groups -OCH3 is 1. The number of hydrogen-bond acceptors (Lipinski definition) is 5. The van der Waals surface area contributed by atoms with Crippen LogP contribution < -0.4 is 4.74 Å². The number of para-hydroxylation sites is 1. The first kappa shape index (κ1) is 18.7. The van der Waals surface area contributed by atoms with Crippen molar-refractivity contribution in [3.63, 3.8) is 0 Å². The number of hydrogen-bond donors (Lipinski definition) is 1. The molecule has 2 fully saturated rings. The van der Waals surface area contributed by atoms with Gasteiger partial charge >= 0.3 is 0 Å². The molecule has 1 aromatic carbocycles. The number of aliphatic hydroxyl groups is 1. The lowest BCUT2D eigenvalue weighted by Crippen LogP contribution is -2.52. The van der Waals surface area contributed by atoms with E-state index >= 15 is 0 Å². The lowest BCUT2D eigenvalue weighted by atomic mass is 9.81. The van der Waals surface area contributed by atoms with Crippen molar-refractivity contribution < 1.29 is 14.6 Å². The molecule has 2 saturated heterocycles. The number of rotatable bonds is 4. The summed E-state index contributed by atoms with van der Waals surface area (Å²) in [6, 6.07) is 10.3. The number of aliphatic hydroxyl groups excluding tert-OH is 1. The second kappa shape index (κ2) is 7.74. The van der Waals surface area contributed by atoms with Crippen LogP contribution in [0, 0.1) is 0 Å². The fraction of sp³-hybridized carbons (Fsp3) is 0.591. The molecule has 0 bridgehead atoms. The molecule has 1 aromatic heterocycles. The number of nitrogens with zero attached hydrogens (tertiary/aromatic N) is 2. The first-order valence-corrected chi connectivity index (χ1v) is 10.1. The van der Waals surface area contributed by atoms with Gasteiger partial charge in [0.05, 0.1) is 30.6 Å². The van der Waals surface area contributed by atoms with Gasteiger partial charge in [0.1, 0.15) is 11.3 Å². The van der Waals surface area contributed by atoms with Crippen LogP contribution in [0.3, 0.4) is 0 Å². The molecule has 1 spiro atoms. The molecule has 2 atom stereocenters. The molecule has 2 aromatic rings. The van der Waals surface area contributed by atoms with Gasteiger partial charge in [-0.3, -0.25) is 4.90 Å². The summed E-state index contributed by atoms with van der Waals surface area (Å²) in [4.78, 5) is 7.29. The Morgan fingerprint density at radius 1 is 1.26 bits per heavy atom. The van der Waals surface area contributed by atoms with Crippen LogP contribution in [-0.4, -0.2) is 53.0 Å². The molecule has 3 heterocycles. The monoisotopic (exact) mass is 370 g/mol. The molecule has 27 heavy (non-hydrogen) atoms. The Morgan fingerprint density at radius 3 is 2.81 bits per heavy atom. The lowest BCUT2D eigenvalue weighted by molar-refractivity contribution is -0.182. The summed E-state index contributed by atoms with van der Waals surface area (Å²) in [7, 11) is 1.69. The molecular formula is C22H30N2O3. The molecule has 1 N–H and O–H groups in total. The Labute approximate surface area is 161 Å². The Bertz CT molecular complexity index is 786. The maximum absolute atomic E-state index is 10.3. The van der Waals surface area contributed by atoms with Crippen molar-refractivity contribution in [1.29, 1.82) is 0 Å². The molecule has 146 valence electrons. The summed E-state index contributed by atoms with van der Waals surface area (Å²) < 4.78 is 11.9. The van der Waals surface area contributed by atoms with Crippen molar-refractivity contribution in [3.05, 3.63) is 36.0 Å². The molecule has 4 rings (SSSR count). The number of fused-ring (bicyclic) bond motifs is 1. The topological polar surface area (TPSA) is 54.8 Å². The van der Waals surface area contributed by atoms with Gasteiger partial charge in [0.2, 0.25) is 0 Å². The van der Waals surface area contributed by atoms with Gasteiger partial charge < -0.3 is 14.6 Å². The summed E-state index contributed by atoms with van der Waals surface area (Å²) >= 11 is 0. The zero-order chi connectivity index (χ0) is 18.9. The molecule has 0 saturated carbocycles. The van der Waals surface area contributed by atoms with E-state index in [1.165, 1.54) is 0 Å². The minimum atomic E-state index is -0.218. The fourth-order valence-corrected chi connectivity index (χ4v) is 4.60. The van der Waals surface area contributed by atoms with Gasteiger partial charge in [0, 0.05) is 31.4 Å². The first-order valence-electron chi connectivity index (χ1n) is 10.1. The summed E-state index contributed by atoms with van der Waals surface area (Å²) in [5.74, 6) is 0.821. The van der Waals surface area contributed by atoms with Crippen molar-refractivity contribution in [2.75, 3.05) is 20.2 Å². The smallest absolute Gasteiger partial charge is 0.145 e. The van der Waals surface area contributed by atoms with Crippen molar-refractivity contribution in [3.8, 4) is 5.75 Å². The number of ether oxygens (including phenoxy) is 2. The van der Waals surface area contributed by atoms with Crippen molar-refractivity contribution in [2.24, 2.45) is 0 Å². The second-order valence-corrected chi connectivity index (χ2v) is 8.04. The number of piperidine rings is 1. The van der Waals surface area contributed by atoms with E-state index in [1.54, 1.807) is 7.11 Å². The molecule has 2 aliphatic heterocycles. The van der Waals surface area contributed by atoms with Crippen molar-refractivity contribution in [2.45, 2.75) is 63.4 Å². The van der Waals surface area contributed by atoms with Crippen LogP contribution >= 0.6 is 0 Å². The minimum absolute atomic E-state index is 0.130. The molecule has 0 amide bonds. The van der Waals surface area contributed by atoms with Crippen LogP contribution in [0.5, 0.6) is 5.75 Å². The fourth-order valence-electron chi connectivity index (χ4n) is 4.60. The van der Waals surface area contributed by atoms with Crippen molar-refractivity contribution in [1.82, 2.24) is 9.88 Å². The van der Waals surface area contributed by atoms with E-state index < -0.39 is 0 Å². The highest BCUT2D eigenvalue weighted by Gasteiger charge is 2.42. The Morgan fingerprint density at radius 2 is 2.07 bits per heavy atom. The Kier molecular flexibility index (Phi) is 5.35. The maximum Gasteiger partial charge on any atom is 0.145 e. The highest BCUT2D eigenvalue weighted by atomic mass is 16.5. The molecule has 5 nitrogen and oxygen atoms in total. The van der Waals surface area contributed by atoms with E-state index in [9.17, 15) is 5.11 Å². The van der Waals surface area contributed by atoms with E-state index in [2.05, 4.69) is 30.0 Å². The number of likely N-dealkylation sites (tertiary alicyclic amines) is 1. The van der Waals surface area contributed by atoms with Gasteiger partial charge in [-0.05, 0) is 37.8 Å². The molecule has 2 aliphatic rings. The maximum atomic E-state index is 10.3. The standard InChI is InChI=1S/C22H30N2O3/c1-3-19-13-18(25)14-22(27-19)9-11-24(12-10-22)15-17-8-7-16-5-4-6-20(26-2)21(16)23-17/h4-8,18-19,25H,3,9-15H2,1-2H3/t18-,19+/m1/s1. The van der Waals surface area contributed by atoms with Gasteiger partial charge in [0.25, 0.3) is 0 Å². The highest BCUT2D eigenvalue weighted by molar-refractivity contribution is 5.84. The Hall–Kier alpha value is -1.69. The van der Waals surface area contributed by atoms with E-state index in [0.29, 0.717) is 0 Å². The number of benzene rings is 1. The largest absolute Gasteiger partial charge is 0.494 e. The van der Waals surface area contributed by atoms with Gasteiger partial charge in [0.15, 0.2) is 0 Å².